The lowest BCUT2D eigenvalue weighted by Crippen LogP contribution is -2.27. The first-order chi connectivity index (χ1) is 11.6. The van der Waals surface area contributed by atoms with E-state index in [2.05, 4.69) is 10.6 Å². The average molecular weight is 344 g/mol. The first kappa shape index (κ1) is 16.5. The molecular formula is C18H17FN2O2S. The van der Waals surface area contributed by atoms with Gasteiger partial charge >= 0.3 is 0 Å². The van der Waals surface area contributed by atoms with Gasteiger partial charge in [-0.3, -0.25) is 9.59 Å². The molecule has 0 unspecified atom stereocenters. The molecule has 124 valence electrons. The molecule has 0 aliphatic heterocycles. The summed E-state index contributed by atoms with van der Waals surface area (Å²) in [5, 5.41) is 5.69. The van der Waals surface area contributed by atoms with Crippen molar-refractivity contribution in [3.63, 3.8) is 0 Å². The minimum atomic E-state index is -0.306. The third-order valence-corrected chi connectivity index (χ3v) is 4.55. The van der Waals surface area contributed by atoms with Gasteiger partial charge in [0.1, 0.15) is 5.82 Å². The normalized spacial score (nSPS) is 13.4. The number of thioether (sulfide) groups is 1. The van der Waals surface area contributed by atoms with Crippen molar-refractivity contribution < 1.29 is 14.0 Å². The maximum Gasteiger partial charge on any atom is 0.253 e. The summed E-state index contributed by atoms with van der Waals surface area (Å²) in [7, 11) is 0. The zero-order valence-electron chi connectivity index (χ0n) is 12.9. The summed E-state index contributed by atoms with van der Waals surface area (Å²) in [6, 6.07) is 13.2. The van der Waals surface area contributed by atoms with Gasteiger partial charge in [0.05, 0.1) is 17.0 Å². The molecule has 0 saturated heterocycles. The van der Waals surface area contributed by atoms with Crippen LogP contribution in [0, 0.1) is 5.82 Å². The van der Waals surface area contributed by atoms with Crippen molar-refractivity contribution in [3.8, 4) is 0 Å². The number of rotatable bonds is 6. The number of anilines is 1. The van der Waals surface area contributed by atoms with Gasteiger partial charge < -0.3 is 10.6 Å². The van der Waals surface area contributed by atoms with E-state index in [1.807, 2.05) is 0 Å². The molecular weight excluding hydrogens is 327 g/mol. The third kappa shape index (κ3) is 4.58. The lowest BCUT2D eigenvalue weighted by atomic mass is 10.1. The van der Waals surface area contributed by atoms with E-state index >= 15 is 0 Å². The van der Waals surface area contributed by atoms with Crippen molar-refractivity contribution in [1.29, 1.82) is 0 Å². The molecule has 6 heteroatoms. The van der Waals surface area contributed by atoms with Crippen LogP contribution in [0.3, 0.4) is 0 Å². The zero-order valence-corrected chi connectivity index (χ0v) is 13.7. The fraction of sp³-hybridized carbons (Fsp3) is 0.222. The van der Waals surface area contributed by atoms with E-state index in [-0.39, 0.29) is 29.4 Å². The van der Waals surface area contributed by atoms with Crippen molar-refractivity contribution in [2.24, 2.45) is 0 Å². The van der Waals surface area contributed by atoms with E-state index in [4.69, 9.17) is 0 Å². The highest BCUT2D eigenvalue weighted by Crippen LogP contribution is 2.22. The highest BCUT2D eigenvalue weighted by molar-refractivity contribution is 8.00. The summed E-state index contributed by atoms with van der Waals surface area (Å²) >= 11 is 1.31. The molecule has 1 aliphatic carbocycles. The van der Waals surface area contributed by atoms with Crippen molar-refractivity contribution >= 4 is 29.3 Å². The second kappa shape index (κ2) is 7.49. The summed E-state index contributed by atoms with van der Waals surface area (Å²) in [6.07, 6.45) is 2.02. The van der Waals surface area contributed by atoms with Gasteiger partial charge in [0.25, 0.3) is 5.91 Å². The van der Waals surface area contributed by atoms with Crippen molar-refractivity contribution in [3.05, 3.63) is 59.9 Å². The molecule has 0 atom stereocenters. The van der Waals surface area contributed by atoms with Gasteiger partial charge in [-0.15, -0.1) is 11.8 Å². The molecule has 0 radical (unpaired) electrons. The van der Waals surface area contributed by atoms with Crippen LogP contribution in [0.1, 0.15) is 23.2 Å². The quantitative estimate of drug-likeness (QED) is 0.789. The Labute approximate surface area is 143 Å². The SMILES string of the molecule is O=C(CSc1ccc(F)cc1)Nc1ccccc1C(=O)NC1CC1. The molecule has 2 aromatic rings. The first-order valence-electron chi connectivity index (χ1n) is 7.70. The molecule has 0 spiro atoms. The van der Waals surface area contributed by atoms with Gasteiger partial charge in [-0.1, -0.05) is 12.1 Å². The van der Waals surface area contributed by atoms with Crippen molar-refractivity contribution in [2.45, 2.75) is 23.8 Å². The highest BCUT2D eigenvalue weighted by atomic mass is 32.2. The Morgan fingerprint density at radius 1 is 1.08 bits per heavy atom. The number of carbonyl (C=O) groups is 2. The van der Waals surface area contributed by atoms with E-state index in [1.54, 1.807) is 36.4 Å². The molecule has 1 aliphatic rings. The van der Waals surface area contributed by atoms with E-state index < -0.39 is 0 Å². The predicted octanol–water partition coefficient (Wildman–Crippen LogP) is 3.45. The van der Waals surface area contributed by atoms with Crippen LogP contribution in [0.4, 0.5) is 10.1 Å². The van der Waals surface area contributed by atoms with Gasteiger partial charge in [0.2, 0.25) is 5.91 Å². The van der Waals surface area contributed by atoms with Crippen LogP contribution in [0.5, 0.6) is 0 Å². The number of hydrogen-bond acceptors (Lipinski definition) is 3. The molecule has 0 bridgehead atoms. The second-order valence-corrected chi connectivity index (χ2v) is 6.63. The predicted molar refractivity (Wildman–Crippen MR) is 92.7 cm³/mol. The summed E-state index contributed by atoms with van der Waals surface area (Å²) in [5.41, 5.74) is 0.963. The lowest BCUT2D eigenvalue weighted by molar-refractivity contribution is -0.113. The molecule has 24 heavy (non-hydrogen) atoms. The number of amides is 2. The standard InChI is InChI=1S/C18H17FN2O2S/c19-12-5-9-14(10-6-12)24-11-17(22)21-16-4-2-1-3-15(16)18(23)20-13-7-8-13/h1-6,9-10,13H,7-8,11H2,(H,20,23)(H,21,22). The maximum atomic E-state index is 12.9. The van der Waals surface area contributed by atoms with E-state index in [9.17, 15) is 14.0 Å². The van der Waals surface area contributed by atoms with Crippen LogP contribution >= 0.6 is 11.8 Å². The Kier molecular flexibility index (Phi) is 5.15. The molecule has 0 heterocycles. The van der Waals surface area contributed by atoms with Crippen LogP contribution in [0.15, 0.2) is 53.4 Å². The molecule has 1 fully saturated rings. The third-order valence-electron chi connectivity index (χ3n) is 3.54. The molecule has 2 N–H and O–H groups in total. The molecule has 4 nitrogen and oxygen atoms in total. The van der Waals surface area contributed by atoms with Gasteiger partial charge in [-0.2, -0.15) is 0 Å². The van der Waals surface area contributed by atoms with Crippen LogP contribution in [0.2, 0.25) is 0 Å². The number of carbonyl (C=O) groups excluding carboxylic acids is 2. The first-order valence-corrected chi connectivity index (χ1v) is 8.68. The number of halogens is 1. The van der Waals surface area contributed by atoms with Crippen LogP contribution in [-0.4, -0.2) is 23.6 Å². The fourth-order valence-electron chi connectivity index (χ4n) is 2.15. The summed E-state index contributed by atoms with van der Waals surface area (Å²) < 4.78 is 12.9. The Hall–Kier alpha value is -2.34. The Balaban J connectivity index is 1.59. The number of benzene rings is 2. The largest absolute Gasteiger partial charge is 0.349 e. The van der Waals surface area contributed by atoms with Gasteiger partial charge in [-0.25, -0.2) is 4.39 Å². The van der Waals surface area contributed by atoms with Crippen molar-refractivity contribution in [2.75, 3.05) is 11.1 Å². The van der Waals surface area contributed by atoms with E-state index in [0.717, 1.165) is 17.7 Å². The summed E-state index contributed by atoms with van der Waals surface area (Å²) in [5.74, 6) is -0.500. The van der Waals surface area contributed by atoms with Gasteiger partial charge in [0.15, 0.2) is 0 Å². The Morgan fingerprint density at radius 2 is 1.79 bits per heavy atom. The highest BCUT2D eigenvalue weighted by Gasteiger charge is 2.24. The zero-order chi connectivity index (χ0) is 16.9. The topological polar surface area (TPSA) is 58.2 Å². The van der Waals surface area contributed by atoms with Crippen molar-refractivity contribution in [1.82, 2.24) is 5.32 Å². The molecule has 1 saturated carbocycles. The minimum absolute atomic E-state index is 0.167. The number of hydrogen-bond donors (Lipinski definition) is 2. The lowest BCUT2D eigenvalue weighted by Gasteiger charge is -2.11. The van der Waals surface area contributed by atoms with E-state index in [0.29, 0.717) is 11.3 Å². The monoisotopic (exact) mass is 344 g/mol. The smallest absolute Gasteiger partial charge is 0.253 e. The molecule has 2 amide bonds. The molecule has 0 aromatic heterocycles. The average Bonchev–Trinajstić information content (AvgIpc) is 3.39. The second-order valence-electron chi connectivity index (χ2n) is 5.58. The van der Waals surface area contributed by atoms with E-state index in [1.165, 1.54) is 23.9 Å². The van der Waals surface area contributed by atoms with Gasteiger partial charge in [0, 0.05) is 10.9 Å². The molecule has 2 aromatic carbocycles. The van der Waals surface area contributed by atoms with Gasteiger partial charge in [-0.05, 0) is 49.2 Å². The van der Waals surface area contributed by atoms with Crippen LogP contribution in [0.25, 0.3) is 0 Å². The molecule has 3 rings (SSSR count). The number of para-hydroxylation sites is 1. The van der Waals surface area contributed by atoms with Crippen LogP contribution < -0.4 is 10.6 Å². The summed E-state index contributed by atoms with van der Waals surface area (Å²) in [6.45, 7) is 0. The fourth-order valence-corrected chi connectivity index (χ4v) is 2.85. The Morgan fingerprint density at radius 3 is 2.50 bits per heavy atom. The minimum Gasteiger partial charge on any atom is -0.349 e. The van der Waals surface area contributed by atoms with Crippen LogP contribution in [-0.2, 0) is 4.79 Å². The number of nitrogens with one attached hydrogen (secondary N) is 2. The summed E-state index contributed by atoms with van der Waals surface area (Å²) in [4.78, 5) is 25.1. The maximum absolute atomic E-state index is 12.9. The Bertz CT molecular complexity index is 745.